The van der Waals surface area contributed by atoms with Gasteiger partial charge in [0.2, 0.25) is 0 Å². The van der Waals surface area contributed by atoms with Crippen molar-refractivity contribution in [2.45, 2.75) is 6.61 Å². The molecule has 0 atom stereocenters. The summed E-state index contributed by atoms with van der Waals surface area (Å²) in [5, 5.41) is 7.05. The molecule has 0 aliphatic rings. The second kappa shape index (κ2) is 9.70. The van der Waals surface area contributed by atoms with Crippen LogP contribution >= 0.6 is 0 Å². The number of aromatic nitrogens is 2. The summed E-state index contributed by atoms with van der Waals surface area (Å²) in [6, 6.07) is 24.7. The van der Waals surface area contributed by atoms with Crippen molar-refractivity contribution < 1.29 is 18.7 Å². The SMILES string of the molecule is O=C(CNC(=O)c1ccccc1F)OCc1cn(-c2ccccc2)nc1-c1ccccc1. The van der Waals surface area contributed by atoms with E-state index in [0.29, 0.717) is 11.3 Å². The van der Waals surface area contributed by atoms with Gasteiger partial charge < -0.3 is 10.1 Å². The molecule has 0 aliphatic carbocycles. The van der Waals surface area contributed by atoms with Crippen LogP contribution in [0.2, 0.25) is 0 Å². The Morgan fingerprint density at radius 1 is 0.906 bits per heavy atom. The fraction of sp³-hybridized carbons (Fsp3) is 0.0800. The van der Waals surface area contributed by atoms with Gasteiger partial charge in [-0.25, -0.2) is 9.07 Å². The highest BCUT2D eigenvalue weighted by atomic mass is 19.1. The molecule has 0 unspecified atom stereocenters. The fourth-order valence-electron chi connectivity index (χ4n) is 3.17. The first-order valence-electron chi connectivity index (χ1n) is 9.99. The van der Waals surface area contributed by atoms with Crippen LogP contribution in [0.25, 0.3) is 16.9 Å². The third-order valence-electron chi connectivity index (χ3n) is 4.76. The van der Waals surface area contributed by atoms with E-state index in [9.17, 15) is 14.0 Å². The number of hydrogen-bond donors (Lipinski definition) is 1. The number of hydrogen-bond acceptors (Lipinski definition) is 4. The molecule has 1 aromatic heterocycles. The average Bonchev–Trinajstić information content (AvgIpc) is 3.27. The molecular weight excluding hydrogens is 409 g/mol. The first-order chi connectivity index (χ1) is 15.6. The summed E-state index contributed by atoms with van der Waals surface area (Å²) in [5.41, 5.74) is 3.04. The minimum atomic E-state index is -0.679. The molecule has 32 heavy (non-hydrogen) atoms. The van der Waals surface area contributed by atoms with E-state index in [1.807, 2.05) is 66.9 Å². The molecule has 7 heteroatoms. The van der Waals surface area contributed by atoms with Crippen molar-refractivity contribution in [3.63, 3.8) is 0 Å². The molecule has 4 rings (SSSR count). The molecule has 0 saturated heterocycles. The van der Waals surface area contributed by atoms with Gasteiger partial charge in [0.1, 0.15) is 19.0 Å². The molecule has 0 aliphatic heterocycles. The fourth-order valence-corrected chi connectivity index (χ4v) is 3.17. The van der Waals surface area contributed by atoms with Crippen molar-refractivity contribution in [1.29, 1.82) is 0 Å². The average molecular weight is 429 g/mol. The van der Waals surface area contributed by atoms with Crippen molar-refractivity contribution in [3.05, 3.63) is 108 Å². The zero-order valence-corrected chi connectivity index (χ0v) is 17.1. The van der Waals surface area contributed by atoms with Crippen LogP contribution in [0.4, 0.5) is 4.39 Å². The summed E-state index contributed by atoms with van der Waals surface area (Å²) in [4.78, 5) is 24.3. The molecule has 160 valence electrons. The van der Waals surface area contributed by atoms with E-state index in [1.54, 1.807) is 10.7 Å². The van der Waals surface area contributed by atoms with Crippen molar-refractivity contribution in [2.24, 2.45) is 0 Å². The number of halogens is 1. The maximum Gasteiger partial charge on any atom is 0.325 e. The Labute approximate surface area is 184 Å². The summed E-state index contributed by atoms with van der Waals surface area (Å²) in [7, 11) is 0. The maximum absolute atomic E-state index is 13.7. The number of carbonyl (C=O) groups excluding carboxylic acids is 2. The molecule has 0 saturated carbocycles. The van der Waals surface area contributed by atoms with Crippen LogP contribution in [-0.4, -0.2) is 28.2 Å². The van der Waals surface area contributed by atoms with E-state index in [4.69, 9.17) is 4.74 Å². The highest BCUT2D eigenvalue weighted by molar-refractivity contribution is 5.96. The number of nitrogens with one attached hydrogen (secondary N) is 1. The van der Waals surface area contributed by atoms with E-state index in [2.05, 4.69) is 10.4 Å². The number of ether oxygens (including phenoxy) is 1. The standard InChI is InChI=1S/C25H20FN3O3/c26-22-14-8-7-13-21(22)25(31)27-15-23(30)32-17-19-16-29(20-11-5-2-6-12-20)28-24(19)18-9-3-1-4-10-18/h1-14,16H,15,17H2,(H,27,31). The Balaban J connectivity index is 1.45. The maximum atomic E-state index is 13.7. The predicted molar refractivity (Wildman–Crippen MR) is 118 cm³/mol. The topological polar surface area (TPSA) is 73.2 Å². The van der Waals surface area contributed by atoms with Crippen molar-refractivity contribution in [3.8, 4) is 16.9 Å². The quantitative estimate of drug-likeness (QED) is 0.448. The molecule has 0 bridgehead atoms. The van der Waals surface area contributed by atoms with Crippen LogP contribution in [0, 0.1) is 5.82 Å². The van der Waals surface area contributed by atoms with Crippen molar-refractivity contribution in [1.82, 2.24) is 15.1 Å². The lowest BCUT2D eigenvalue weighted by atomic mass is 10.1. The molecule has 0 radical (unpaired) electrons. The molecule has 1 N–H and O–H groups in total. The number of benzene rings is 3. The molecule has 1 amide bonds. The van der Waals surface area contributed by atoms with Crippen LogP contribution in [0.1, 0.15) is 15.9 Å². The molecule has 3 aromatic carbocycles. The summed E-state index contributed by atoms with van der Waals surface area (Å²) in [6.07, 6.45) is 1.81. The van der Waals surface area contributed by atoms with Gasteiger partial charge in [0.15, 0.2) is 0 Å². The summed E-state index contributed by atoms with van der Waals surface area (Å²) in [5.74, 6) is -1.97. The Morgan fingerprint density at radius 3 is 2.28 bits per heavy atom. The van der Waals surface area contributed by atoms with Gasteiger partial charge in [0, 0.05) is 17.3 Å². The minimum Gasteiger partial charge on any atom is -0.459 e. The van der Waals surface area contributed by atoms with Gasteiger partial charge in [-0.3, -0.25) is 9.59 Å². The second-order valence-electron chi connectivity index (χ2n) is 6.97. The third kappa shape index (κ3) is 4.89. The van der Waals surface area contributed by atoms with Gasteiger partial charge in [-0.05, 0) is 24.3 Å². The Hall–Kier alpha value is -4.26. The van der Waals surface area contributed by atoms with Crippen LogP contribution in [0.15, 0.2) is 91.1 Å². The van der Waals surface area contributed by atoms with E-state index >= 15 is 0 Å². The highest BCUT2D eigenvalue weighted by Gasteiger charge is 2.16. The second-order valence-corrected chi connectivity index (χ2v) is 6.97. The largest absolute Gasteiger partial charge is 0.459 e. The van der Waals surface area contributed by atoms with Crippen molar-refractivity contribution in [2.75, 3.05) is 6.54 Å². The normalized spacial score (nSPS) is 10.5. The first kappa shape index (κ1) is 21.0. The van der Waals surface area contributed by atoms with Crippen LogP contribution in [-0.2, 0) is 16.1 Å². The van der Waals surface area contributed by atoms with Gasteiger partial charge >= 0.3 is 5.97 Å². The van der Waals surface area contributed by atoms with Crippen LogP contribution < -0.4 is 5.32 Å². The summed E-state index contributed by atoms with van der Waals surface area (Å²) in [6.45, 7) is -0.397. The molecule has 0 spiro atoms. The molecule has 0 fully saturated rings. The summed E-state index contributed by atoms with van der Waals surface area (Å²) < 4.78 is 20.8. The zero-order valence-electron chi connectivity index (χ0n) is 17.1. The van der Waals surface area contributed by atoms with Crippen LogP contribution in [0.5, 0.6) is 0 Å². The number of nitrogens with zero attached hydrogens (tertiary/aromatic N) is 2. The van der Waals surface area contributed by atoms with Gasteiger partial charge in [-0.1, -0.05) is 60.7 Å². The number of amides is 1. The van der Waals surface area contributed by atoms with Crippen molar-refractivity contribution >= 4 is 11.9 Å². The predicted octanol–water partition coefficient (Wildman–Crippen LogP) is 4.15. The highest BCUT2D eigenvalue weighted by Crippen LogP contribution is 2.24. The molecular formula is C25H20FN3O3. The third-order valence-corrected chi connectivity index (χ3v) is 4.76. The van der Waals surface area contributed by atoms with Gasteiger partial charge in [0.05, 0.1) is 16.9 Å². The smallest absolute Gasteiger partial charge is 0.325 e. The van der Waals surface area contributed by atoms with E-state index in [1.165, 1.54) is 18.2 Å². The first-order valence-corrected chi connectivity index (χ1v) is 9.99. The number of esters is 1. The van der Waals surface area contributed by atoms with E-state index in [-0.39, 0.29) is 18.7 Å². The lowest BCUT2D eigenvalue weighted by molar-refractivity contribution is -0.143. The van der Waals surface area contributed by atoms with Gasteiger partial charge in [-0.2, -0.15) is 5.10 Å². The van der Waals surface area contributed by atoms with E-state index < -0.39 is 17.7 Å². The van der Waals surface area contributed by atoms with Gasteiger partial charge in [-0.15, -0.1) is 0 Å². The molecule has 1 heterocycles. The summed E-state index contributed by atoms with van der Waals surface area (Å²) >= 11 is 0. The van der Waals surface area contributed by atoms with Gasteiger partial charge in [0.25, 0.3) is 5.91 Å². The molecule has 4 aromatic rings. The van der Waals surface area contributed by atoms with Crippen LogP contribution in [0.3, 0.4) is 0 Å². The number of para-hydroxylation sites is 1. The Bertz CT molecular complexity index is 1220. The zero-order chi connectivity index (χ0) is 22.3. The Kier molecular flexibility index (Phi) is 6.36. The monoisotopic (exact) mass is 429 g/mol. The Morgan fingerprint density at radius 2 is 1.56 bits per heavy atom. The minimum absolute atomic E-state index is 0.0224. The van der Waals surface area contributed by atoms with E-state index in [0.717, 1.165) is 11.3 Å². The lowest BCUT2D eigenvalue weighted by Crippen LogP contribution is -2.31. The molecule has 6 nitrogen and oxygen atoms in total. The number of carbonyl (C=O) groups is 2. The number of rotatable bonds is 7. The lowest BCUT2D eigenvalue weighted by Gasteiger charge is -2.07.